The smallest absolute Gasteiger partial charge is 0.159 e. The van der Waals surface area contributed by atoms with Gasteiger partial charge in [-0.3, -0.25) is 0 Å². The molecule has 0 radical (unpaired) electrons. The Hall–Kier alpha value is -7.24. The van der Waals surface area contributed by atoms with Gasteiger partial charge in [-0.2, -0.15) is 0 Å². The van der Waals surface area contributed by atoms with Crippen LogP contribution in [-0.4, -0.2) is 11.7 Å². The molecule has 0 fully saturated rings. The Morgan fingerprint density at radius 1 is 0.426 bits per heavy atom. The first-order valence-electron chi connectivity index (χ1n) is 18.2. The average molecular weight is 694 g/mol. The summed E-state index contributed by atoms with van der Waals surface area (Å²) in [6.45, 7) is 0. The minimum absolute atomic E-state index is 0.397. The molecule has 0 saturated heterocycles. The summed E-state index contributed by atoms with van der Waals surface area (Å²) in [6.07, 6.45) is -0.397. The van der Waals surface area contributed by atoms with Gasteiger partial charge in [-0.15, -0.1) is 0 Å². The molecular weight excluding hydrogens is 663 g/mol. The number of furan rings is 2. The van der Waals surface area contributed by atoms with Gasteiger partial charge in [0, 0.05) is 43.6 Å². The lowest BCUT2D eigenvalue weighted by atomic mass is 9.94. The number of fused-ring (bicyclic) bond motifs is 8. The maximum atomic E-state index is 6.65. The van der Waals surface area contributed by atoms with Crippen LogP contribution in [0.2, 0.25) is 0 Å². The molecule has 1 N–H and O–H groups in total. The lowest BCUT2D eigenvalue weighted by Gasteiger charge is -2.24. The molecular formula is C49H31N3O2. The summed E-state index contributed by atoms with van der Waals surface area (Å²) >= 11 is 0. The molecule has 1 unspecified atom stereocenters. The van der Waals surface area contributed by atoms with Crippen LogP contribution in [0.15, 0.2) is 195 Å². The molecule has 5 heteroatoms. The van der Waals surface area contributed by atoms with Gasteiger partial charge in [-0.25, -0.2) is 9.98 Å². The highest BCUT2D eigenvalue weighted by Crippen LogP contribution is 2.42. The van der Waals surface area contributed by atoms with Crippen LogP contribution >= 0.6 is 0 Å². The van der Waals surface area contributed by atoms with Crippen molar-refractivity contribution in [2.75, 3.05) is 0 Å². The van der Waals surface area contributed by atoms with Crippen molar-refractivity contribution in [3.63, 3.8) is 0 Å². The van der Waals surface area contributed by atoms with Gasteiger partial charge in [-0.1, -0.05) is 146 Å². The molecule has 1 aliphatic rings. The fourth-order valence-corrected chi connectivity index (χ4v) is 7.96. The summed E-state index contributed by atoms with van der Waals surface area (Å²) < 4.78 is 13.0. The highest BCUT2D eigenvalue weighted by Gasteiger charge is 2.25. The first kappa shape index (κ1) is 30.4. The van der Waals surface area contributed by atoms with Crippen LogP contribution < -0.4 is 5.32 Å². The van der Waals surface area contributed by atoms with Crippen molar-refractivity contribution in [2.45, 2.75) is 6.17 Å². The lowest BCUT2D eigenvalue weighted by Crippen LogP contribution is -2.33. The number of hydrogen-bond acceptors (Lipinski definition) is 5. The van der Waals surface area contributed by atoms with Gasteiger partial charge in [0.2, 0.25) is 0 Å². The van der Waals surface area contributed by atoms with Crippen LogP contribution in [0.1, 0.15) is 22.9 Å². The number of nitrogens with zero attached hydrogens (tertiary/aromatic N) is 2. The van der Waals surface area contributed by atoms with Crippen molar-refractivity contribution in [1.82, 2.24) is 5.32 Å². The fraction of sp³-hybridized carbons (Fsp3) is 0.0204. The fourth-order valence-electron chi connectivity index (χ4n) is 7.96. The molecule has 11 rings (SSSR count). The molecule has 54 heavy (non-hydrogen) atoms. The van der Waals surface area contributed by atoms with E-state index in [-0.39, 0.29) is 0 Å². The van der Waals surface area contributed by atoms with Crippen LogP contribution in [0.25, 0.3) is 76.9 Å². The summed E-state index contributed by atoms with van der Waals surface area (Å²) in [5.41, 5.74) is 11.0. The van der Waals surface area contributed by atoms with Gasteiger partial charge < -0.3 is 14.2 Å². The van der Waals surface area contributed by atoms with Gasteiger partial charge in [-0.05, 0) is 58.0 Å². The van der Waals surface area contributed by atoms with Crippen molar-refractivity contribution in [2.24, 2.45) is 9.98 Å². The molecule has 10 aromatic rings. The first-order valence-corrected chi connectivity index (χ1v) is 18.2. The summed E-state index contributed by atoms with van der Waals surface area (Å²) in [5.74, 6) is 1.46. The molecule has 3 heterocycles. The van der Waals surface area contributed by atoms with E-state index in [1.165, 1.54) is 5.56 Å². The predicted molar refractivity (Wildman–Crippen MR) is 221 cm³/mol. The molecule has 8 aromatic carbocycles. The van der Waals surface area contributed by atoms with Crippen molar-refractivity contribution in [3.8, 4) is 22.3 Å². The second-order valence-corrected chi connectivity index (χ2v) is 13.7. The van der Waals surface area contributed by atoms with E-state index in [9.17, 15) is 0 Å². The molecule has 0 amide bonds. The summed E-state index contributed by atoms with van der Waals surface area (Å²) in [4.78, 5) is 10.3. The number of rotatable bonds is 5. The van der Waals surface area contributed by atoms with Crippen molar-refractivity contribution >= 4 is 66.3 Å². The zero-order valence-corrected chi connectivity index (χ0v) is 29.0. The van der Waals surface area contributed by atoms with Crippen LogP contribution in [0.5, 0.6) is 0 Å². The zero-order chi connectivity index (χ0) is 35.6. The van der Waals surface area contributed by atoms with E-state index >= 15 is 0 Å². The van der Waals surface area contributed by atoms with Gasteiger partial charge in [0.25, 0.3) is 0 Å². The molecule has 1 atom stereocenters. The van der Waals surface area contributed by atoms with Gasteiger partial charge in [0.05, 0.1) is 0 Å². The van der Waals surface area contributed by atoms with Crippen molar-refractivity contribution < 1.29 is 8.83 Å². The number of para-hydroxylation sites is 1. The number of amidine groups is 2. The van der Waals surface area contributed by atoms with Crippen LogP contribution in [0.4, 0.5) is 0 Å². The molecule has 0 spiro atoms. The molecule has 0 bridgehead atoms. The van der Waals surface area contributed by atoms with Crippen LogP contribution in [-0.2, 0) is 0 Å². The normalized spacial score (nSPS) is 14.5. The molecule has 5 nitrogen and oxygen atoms in total. The minimum atomic E-state index is -0.397. The first-order chi connectivity index (χ1) is 26.7. The zero-order valence-electron chi connectivity index (χ0n) is 29.0. The maximum absolute atomic E-state index is 6.65. The van der Waals surface area contributed by atoms with E-state index < -0.39 is 6.17 Å². The topological polar surface area (TPSA) is 63.0 Å². The molecule has 254 valence electrons. The standard InChI is InChI=1S/C49H31N3O2/c1-3-12-30(13-4-1)31-22-24-33(25-23-31)48-50-47(32-14-5-2-6-15-32)51-49(52-48)39-19-11-21-43-45(39)38-27-26-34(28-44(38)53-43)40-29-41-36-17-9-10-20-42(36)54-46(41)37-18-8-7-16-35(37)40/h1-29,49H,(H,50,51,52). The summed E-state index contributed by atoms with van der Waals surface area (Å²) in [6, 6.07) is 60.9. The Morgan fingerprint density at radius 2 is 1.07 bits per heavy atom. The van der Waals surface area contributed by atoms with Gasteiger partial charge in [0.1, 0.15) is 34.3 Å². The number of hydrogen-bond donors (Lipinski definition) is 1. The monoisotopic (exact) mass is 693 g/mol. The Kier molecular flexibility index (Phi) is 6.85. The molecule has 2 aromatic heterocycles. The second-order valence-electron chi connectivity index (χ2n) is 13.7. The third kappa shape index (κ3) is 4.94. The summed E-state index contributed by atoms with van der Waals surface area (Å²) in [7, 11) is 0. The van der Waals surface area contributed by atoms with E-state index in [4.69, 9.17) is 18.8 Å². The average Bonchev–Trinajstić information content (AvgIpc) is 3.82. The molecule has 1 aliphatic heterocycles. The van der Waals surface area contributed by atoms with E-state index in [2.05, 4.69) is 133 Å². The van der Waals surface area contributed by atoms with E-state index in [1.54, 1.807) is 0 Å². The Bertz CT molecular complexity index is 3120. The van der Waals surface area contributed by atoms with Crippen molar-refractivity contribution in [3.05, 3.63) is 193 Å². The van der Waals surface area contributed by atoms with Crippen LogP contribution in [0.3, 0.4) is 0 Å². The number of nitrogens with one attached hydrogen (secondary N) is 1. The quantitative estimate of drug-likeness (QED) is 0.195. The van der Waals surface area contributed by atoms with Crippen molar-refractivity contribution in [1.29, 1.82) is 0 Å². The third-order valence-electron chi connectivity index (χ3n) is 10.6. The summed E-state index contributed by atoms with van der Waals surface area (Å²) in [5, 5.41) is 10.2. The number of benzene rings is 8. The van der Waals surface area contributed by atoms with Gasteiger partial charge in [0.15, 0.2) is 5.84 Å². The largest absolute Gasteiger partial charge is 0.456 e. The van der Waals surface area contributed by atoms with E-state index in [0.717, 1.165) is 93.9 Å². The SMILES string of the molecule is c1ccc(C2=NC(c3cccc4oc5cc(-c6cc7c8ccccc8oc7c7ccccc67)ccc5c34)NC(c3ccc(-c4ccccc4)cc3)=N2)cc1. The lowest BCUT2D eigenvalue weighted by molar-refractivity contribution is 0.662. The molecule has 0 saturated carbocycles. The minimum Gasteiger partial charge on any atom is -0.456 e. The Morgan fingerprint density at radius 3 is 1.89 bits per heavy atom. The molecule has 0 aliphatic carbocycles. The highest BCUT2D eigenvalue weighted by molar-refractivity contribution is 6.20. The third-order valence-corrected chi connectivity index (χ3v) is 10.6. The van der Waals surface area contributed by atoms with E-state index in [0.29, 0.717) is 5.84 Å². The Balaban J connectivity index is 1.03. The maximum Gasteiger partial charge on any atom is 0.159 e. The highest BCUT2D eigenvalue weighted by atomic mass is 16.3. The number of aliphatic imine (C=N–C) groups is 2. The van der Waals surface area contributed by atoms with Crippen LogP contribution in [0, 0.1) is 0 Å². The van der Waals surface area contributed by atoms with E-state index in [1.807, 2.05) is 48.5 Å². The second kappa shape index (κ2) is 12.2. The van der Waals surface area contributed by atoms with Gasteiger partial charge >= 0.3 is 0 Å². The predicted octanol–water partition coefficient (Wildman–Crippen LogP) is 12.5. The Labute approximate surface area is 310 Å².